The first-order valence-corrected chi connectivity index (χ1v) is 14.2. The monoisotopic (exact) mass is 642 g/mol. The fraction of sp³-hybridized carbons (Fsp3) is 0.0556. The number of aliphatic imine (C=N–C) groups is 1. The van der Waals surface area contributed by atoms with Crippen LogP contribution < -0.4 is 0 Å². The number of nitrogens with zero attached hydrogens (tertiary/aromatic N) is 10. The molecule has 0 bridgehead atoms. The van der Waals surface area contributed by atoms with E-state index in [9.17, 15) is 39.5 Å². The third-order valence-corrected chi connectivity index (χ3v) is 8.16. The summed E-state index contributed by atoms with van der Waals surface area (Å²) < 4.78 is 44.1. The fourth-order valence-corrected chi connectivity index (χ4v) is 6.00. The quantitative estimate of drug-likeness (QED) is 0.179. The summed E-state index contributed by atoms with van der Waals surface area (Å²) in [7, 11) is 0. The molecular weight excluding hydrogens is 629 g/mol. The molecule has 1 aliphatic rings. The number of alkyl halides is 3. The minimum atomic E-state index is -4.78. The average Bonchev–Trinajstić information content (AvgIpc) is 3.39. The molecule has 0 atom stereocenters. The van der Waals surface area contributed by atoms with Gasteiger partial charge in [0.25, 0.3) is 0 Å². The van der Waals surface area contributed by atoms with Crippen LogP contribution in [-0.2, 0) is 6.18 Å². The van der Waals surface area contributed by atoms with Gasteiger partial charge in [0.15, 0.2) is 22.8 Å². The van der Waals surface area contributed by atoms with Crippen LogP contribution in [0, 0.1) is 63.7 Å². The second kappa shape index (κ2) is 11.1. The molecule has 0 spiro atoms. The van der Waals surface area contributed by atoms with Crippen LogP contribution in [0.2, 0.25) is 0 Å². The van der Waals surface area contributed by atoms with E-state index in [1.807, 2.05) is 12.1 Å². The average molecular weight is 643 g/mol. The second-order valence-corrected chi connectivity index (χ2v) is 10.9. The summed E-state index contributed by atoms with van der Waals surface area (Å²) in [5.74, 6) is 0. The van der Waals surface area contributed by atoms with Gasteiger partial charge in [-0.3, -0.25) is 0 Å². The van der Waals surface area contributed by atoms with Crippen LogP contribution in [0.15, 0.2) is 65.7 Å². The van der Waals surface area contributed by atoms with Crippen molar-refractivity contribution in [3.63, 3.8) is 0 Å². The van der Waals surface area contributed by atoms with E-state index < -0.39 is 11.7 Å². The highest BCUT2D eigenvalue weighted by Gasteiger charge is 2.37. The zero-order chi connectivity index (χ0) is 34.6. The van der Waals surface area contributed by atoms with Crippen molar-refractivity contribution < 1.29 is 13.2 Å². The van der Waals surface area contributed by atoms with Crippen molar-refractivity contribution in [2.45, 2.75) is 13.1 Å². The molecule has 0 aliphatic heterocycles. The number of rotatable bonds is 2. The first kappa shape index (κ1) is 30.1. The highest BCUT2D eigenvalue weighted by molar-refractivity contribution is 6.26. The Hall–Kier alpha value is -7.53. The smallest absolute Gasteiger partial charge is 0.232 e. The molecular formula is C36H13F3N10. The minimum absolute atomic E-state index is 0.0964. The molecule has 10 nitrogen and oxygen atoms in total. The van der Waals surface area contributed by atoms with Crippen LogP contribution in [0.1, 0.15) is 45.0 Å². The molecule has 0 unspecified atom stereocenters. The van der Waals surface area contributed by atoms with Crippen LogP contribution in [0.3, 0.4) is 0 Å². The van der Waals surface area contributed by atoms with Crippen LogP contribution in [-0.4, -0.2) is 25.6 Å². The van der Waals surface area contributed by atoms with E-state index in [1.54, 1.807) is 55.6 Å². The molecule has 7 rings (SSSR count). The summed E-state index contributed by atoms with van der Waals surface area (Å²) in [5.41, 5.74) is 3.13. The molecule has 0 N–H and O–H groups in total. The lowest BCUT2D eigenvalue weighted by molar-refractivity contribution is -0.137. The molecule has 2 aromatic heterocycles. The number of hydrogen-bond acceptors (Lipinski definition) is 10. The van der Waals surface area contributed by atoms with Crippen molar-refractivity contribution in [2.75, 3.05) is 0 Å². The Kier molecular flexibility index (Phi) is 6.81. The predicted octanol–water partition coefficient (Wildman–Crippen LogP) is 7.02. The maximum atomic E-state index is 14.7. The minimum Gasteiger partial charge on any atom is -0.232 e. The molecule has 0 amide bonds. The van der Waals surface area contributed by atoms with Crippen molar-refractivity contribution in [3.8, 4) is 63.9 Å². The summed E-state index contributed by atoms with van der Waals surface area (Å²) in [6.45, 7) is 1.80. The van der Waals surface area contributed by atoms with Gasteiger partial charge in [0.1, 0.15) is 24.3 Å². The Balaban J connectivity index is 1.42. The lowest BCUT2D eigenvalue weighted by Crippen LogP contribution is -2.09. The van der Waals surface area contributed by atoms with Gasteiger partial charge in [0, 0.05) is 11.1 Å². The lowest BCUT2D eigenvalue weighted by Gasteiger charge is -2.16. The summed E-state index contributed by atoms with van der Waals surface area (Å²) >= 11 is 0. The number of benzene rings is 4. The molecule has 4 aromatic carbocycles. The van der Waals surface area contributed by atoms with Crippen molar-refractivity contribution in [1.29, 1.82) is 26.3 Å². The molecule has 13 heteroatoms. The molecule has 228 valence electrons. The van der Waals surface area contributed by atoms with Crippen molar-refractivity contribution in [3.05, 3.63) is 106 Å². The van der Waals surface area contributed by atoms with E-state index in [2.05, 4.69) is 24.9 Å². The van der Waals surface area contributed by atoms with E-state index >= 15 is 0 Å². The predicted molar refractivity (Wildman–Crippen MR) is 169 cm³/mol. The van der Waals surface area contributed by atoms with Gasteiger partial charge in [-0.05, 0) is 88.3 Å². The highest BCUT2D eigenvalue weighted by atomic mass is 19.4. The maximum Gasteiger partial charge on any atom is 0.417 e. The molecule has 0 fully saturated rings. The van der Waals surface area contributed by atoms with Crippen molar-refractivity contribution in [2.24, 2.45) is 4.99 Å². The summed E-state index contributed by atoms with van der Waals surface area (Å²) in [6, 6.07) is 22.5. The number of fused-ring (bicyclic) bond motifs is 5. The van der Waals surface area contributed by atoms with Gasteiger partial charge in [-0.15, -0.1) is 0 Å². The fourth-order valence-electron chi connectivity index (χ4n) is 6.00. The molecule has 0 radical (unpaired) electrons. The number of halogens is 3. The summed E-state index contributed by atoms with van der Waals surface area (Å²) in [5, 5.41) is 47.1. The highest BCUT2D eigenvalue weighted by Crippen LogP contribution is 2.47. The van der Waals surface area contributed by atoms with Crippen molar-refractivity contribution >= 4 is 27.8 Å². The lowest BCUT2D eigenvalue weighted by atomic mass is 9.92. The van der Waals surface area contributed by atoms with Crippen LogP contribution in [0.5, 0.6) is 0 Å². The van der Waals surface area contributed by atoms with Gasteiger partial charge >= 0.3 is 6.18 Å². The number of aromatic nitrogens is 4. The van der Waals surface area contributed by atoms with Gasteiger partial charge in [-0.2, -0.15) is 44.5 Å². The van der Waals surface area contributed by atoms with E-state index in [0.29, 0.717) is 44.4 Å². The molecule has 49 heavy (non-hydrogen) atoms. The van der Waals surface area contributed by atoms with Gasteiger partial charge < -0.3 is 0 Å². The van der Waals surface area contributed by atoms with E-state index in [1.165, 1.54) is 24.3 Å². The number of nitriles is 5. The van der Waals surface area contributed by atoms with Crippen LogP contribution in [0.4, 0.5) is 13.2 Å². The summed E-state index contributed by atoms with van der Waals surface area (Å²) in [4.78, 5) is 20.8. The largest absolute Gasteiger partial charge is 0.417 e. The Morgan fingerprint density at radius 2 is 0.980 bits per heavy atom. The Bertz CT molecular complexity index is 2730. The Morgan fingerprint density at radius 3 is 1.45 bits per heavy atom. The van der Waals surface area contributed by atoms with Crippen molar-refractivity contribution in [1.82, 2.24) is 19.9 Å². The zero-order valence-corrected chi connectivity index (χ0v) is 24.9. The first-order chi connectivity index (χ1) is 23.6. The van der Waals surface area contributed by atoms with Gasteiger partial charge in [0.2, 0.25) is 6.19 Å². The normalized spacial score (nSPS) is 12.4. The Morgan fingerprint density at radius 1 is 0.531 bits per heavy atom. The van der Waals surface area contributed by atoms with Crippen LogP contribution in [0.25, 0.3) is 55.4 Å². The standard InChI is InChI=1S/C36H13F3N10/c1-17-6-22-23-11-26(36(37,38)39)21(19-3-5-28-30(8-19)49-34(15-43)32(13-41)47-28)10-25(23)35(45-16-44)24(22)9-20(17)18-2-4-27-29(7-18)48-33(14-42)31(12-40)46-27/h2-11H,1H3. The Labute approximate surface area is 274 Å². The second-order valence-electron chi connectivity index (χ2n) is 10.9. The molecule has 6 aromatic rings. The third kappa shape index (κ3) is 4.82. The number of aryl methyl sites for hydroxylation is 1. The molecule has 2 heterocycles. The summed E-state index contributed by atoms with van der Waals surface area (Å²) in [6.07, 6.45) is -3.00. The number of hydrogen-bond donors (Lipinski definition) is 0. The van der Waals surface area contributed by atoms with E-state index in [0.717, 1.165) is 6.07 Å². The third-order valence-electron chi connectivity index (χ3n) is 8.16. The topological polar surface area (TPSA) is 183 Å². The SMILES string of the molecule is Cc1cc2c(cc1-c1ccc3nc(C#N)c(C#N)nc3c1)C(=NC#N)c1cc(-c3ccc4nc(C#N)c(C#N)nc4c3)c(C(F)(F)F)cc1-2. The zero-order valence-electron chi connectivity index (χ0n) is 24.9. The van der Waals surface area contributed by atoms with Gasteiger partial charge in [-0.1, -0.05) is 18.2 Å². The molecule has 0 saturated carbocycles. The molecule has 0 saturated heterocycles. The molecule has 1 aliphatic carbocycles. The van der Waals surface area contributed by atoms with Gasteiger partial charge in [-0.25, -0.2) is 19.9 Å². The van der Waals surface area contributed by atoms with E-state index in [-0.39, 0.29) is 56.2 Å². The maximum absolute atomic E-state index is 14.7. The van der Waals surface area contributed by atoms with E-state index in [4.69, 9.17) is 0 Å². The van der Waals surface area contributed by atoms with Gasteiger partial charge in [0.05, 0.1) is 33.3 Å². The van der Waals surface area contributed by atoms with Crippen LogP contribution >= 0.6 is 0 Å². The first-order valence-electron chi connectivity index (χ1n) is 14.2.